The number of thioether (sulfide) groups is 1. The third kappa shape index (κ3) is 5.53. The molecule has 0 unspecified atom stereocenters. The van der Waals surface area contributed by atoms with Gasteiger partial charge in [-0.25, -0.2) is 9.67 Å². The summed E-state index contributed by atoms with van der Waals surface area (Å²) in [7, 11) is 0. The van der Waals surface area contributed by atoms with Gasteiger partial charge in [-0.3, -0.25) is 9.59 Å². The Bertz CT molecular complexity index is 1290. The highest BCUT2D eigenvalue weighted by atomic mass is 35.5. The number of amides is 2. The van der Waals surface area contributed by atoms with Crippen molar-refractivity contribution >= 4 is 64.1 Å². The van der Waals surface area contributed by atoms with E-state index in [0.717, 1.165) is 24.3 Å². The van der Waals surface area contributed by atoms with Crippen molar-refractivity contribution in [1.82, 2.24) is 20.1 Å². The average molecular weight is 553 g/mol. The van der Waals surface area contributed by atoms with Gasteiger partial charge in [-0.05, 0) is 43.0 Å². The van der Waals surface area contributed by atoms with Crippen LogP contribution in [0, 0.1) is 5.92 Å². The Kier molecular flexibility index (Phi) is 7.11. The number of hydrogen-bond acceptors (Lipinski definition) is 6. The van der Waals surface area contributed by atoms with E-state index in [4.69, 9.17) is 39.5 Å². The van der Waals surface area contributed by atoms with Crippen LogP contribution in [0.2, 0.25) is 15.1 Å². The molecule has 35 heavy (non-hydrogen) atoms. The topological polar surface area (TPSA) is 98.1 Å². The minimum Gasteiger partial charge on any atom is -0.472 e. The van der Waals surface area contributed by atoms with Crippen molar-refractivity contribution in [3.05, 3.63) is 62.9 Å². The van der Waals surface area contributed by atoms with E-state index in [2.05, 4.69) is 20.7 Å². The second kappa shape index (κ2) is 10.3. The van der Waals surface area contributed by atoms with Gasteiger partial charge in [-0.15, -0.1) is 5.10 Å². The molecular weight excluding hydrogens is 533 g/mol. The van der Waals surface area contributed by atoms with Gasteiger partial charge in [0.05, 0.1) is 21.3 Å². The Morgan fingerprint density at radius 1 is 1.11 bits per heavy atom. The van der Waals surface area contributed by atoms with Gasteiger partial charge in [0.15, 0.2) is 5.82 Å². The van der Waals surface area contributed by atoms with Crippen LogP contribution in [0.5, 0.6) is 5.88 Å². The van der Waals surface area contributed by atoms with Crippen LogP contribution in [0.25, 0.3) is 5.82 Å². The van der Waals surface area contributed by atoms with Crippen LogP contribution >= 0.6 is 46.6 Å². The van der Waals surface area contributed by atoms with Gasteiger partial charge in [0.2, 0.25) is 5.88 Å². The molecule has 12 heteroatoms. The zero-order valence-corrected chi connectivity index (χ0v) is 21.3. The molecule has 0 bridgehead atoms. The van der Waals surface area contributed by atoms with E-state index in [1.807, 2.05) is 0 Å². The number of halogens is 3. The summed E-state index contributed by atoms with van der Waals surface area (Å²) in [6.45, 7) is 0.557. The summed E-state index contributed by atoms with van der Waals surface area (Å²) in [5, 5.41) is 10.8. The van der Waals surface area contributed by atoms with Crippen molar-refractivity contribution in [3.63, 3.8) is 0 Å². The lowest BCUT2D eigenvalue weighted by molar-refractivity contribution is 0.0952. The van der Waals surface area contributed by atoms with Crippen LogP contribution in [0.15, 0.2) is 36.5 Å². The third-order valence-corrected chi connectivity index (χ3v) is 7.57. The molecule has 5 rings (SSSR count). The van der Waals surface area contributed by atoms with Gasteiger partial charge < -0.3 is 15.4 Å². The van der Waals surface area contributed by atoms with Crippen molar-refractivity contribution in [2.24, 2.45) is 5.92 Å². The lowest BCUT2D eigenvalue weighted by Crippen LogP contribution is -2.31. The number of carbonyl (C=O) groups excluding carboxylic acids is 2. The largest absolute Gasteiger partial charge is 0.472 e. The highest BCUT2D eigenvalue weighted by Gasteiger charge is 2.27. The molecule has 1 aliphatic heterocycles. The molecule has 1 aliphatic carbocycles. The number of aromatic nitrogens is 3. The van der Waals surface area contributed by atoms with Crippen molar-refractivity contribution in [2.75, 3.05) is 23.4 Å². The number of rotatable bonds is 8. The second-order valence-electron chi connectivity index (χ2n) is 8.28. The first kappa shape index (κ1) is 24.2. The average Bonchev–Trinajstić information content (AvgIpc) is 3.54. The normalized spacial score (nSPS) is 15.4. The van der Waals surface area contributed by atoms with Gasteiger partial charge in [-0.1, -0.05) is 34.8 Å². The molecule has 8 nitrogen and oxygen atoms in total. The number of nitrogens with one attached hydrogen (secondary N) is 2. The molecule has 2 aliphatic rings. The summed E-state index contributed by atoms with van der Waals surface area (Å²) in [5.41, 5.74) is 0.427. The SMILES string of the molecule is O=C(NCC1CC1)c1cc(Cl)cc(Cl)c1NC(=O)c1cc(OC2CSC2)nn1-c1ncccc1Cl. The monoisotopic (exact) mass is 551 g/mol. The molecule has 1 aromatic carbocycles. The van der Waals surface area contributed by atoms with Crippen LogP contribution < -0.4 is 15.4 Å². The fourth-order valence-electron chi connectivity index (χ4n) is 3.44. The van der Waals surface area contributed by atoms with Gasteiger partial charge in [0.1, 0.15) is 11.8 Å². The van der Waals surface area contributed by atoms with E-state index in [0.29, 0.717) is 17.5 Å². The predicted octanol–water partition coefficient (Wildman–Crippen LogP) is 5.11. The van der Waals surface area contributed by atoms with E-state index < -0.39 is 5.91 Å². The van der Waals surface area contributed by atoms with Crippen LogP contribution in [0.1, 0.15) is 33.7 Å². The minimum atomic E-state index is -0.572. The second-order valence-corrected chi connectivity index (χ2v) is 10.6. The zero-order valence-electron chi connectivity index (χ0n) is 18.3. The Morgan fingerprint density at radius 2 is 1.91 bits per heavy atom. The van der Waals surface area contributed by atoms with Gasteiger partial charge >= 0.3 is 0 Å². The van der Waals surface area contributed by atoms with E-state index in [-0.39, 0.29) is 50.7 Å². The Hall–Kier alpha value is -2.46. The number of hydrogen-bond donors (Lipinski definition) is 2. The van der Waals surface area contributed by atoms with E-state index >= 15 is 0 Å². The number of anilines is 1. The smallest absolute Gasteiger partial charge is 0.274 e. The molecule has 1 saturated carbocycles. The van der Waals surface area contributed by atoms with Gasteiger partial charge in [-0.2, -0.15) is 11.8 Å². The highest BCUT2D eigenvalue weighted by molar-refractivity contribution is 8.00. The van der Waals surface area contributed by atoms with E-state index in [1.165, 1.54) is 22.9 Å². The summed E-state index contributed by atoms with van der Waals surface area (Å²) in [6.07, 6.45) is 3.74. The number of nitrogens with zero attached hydrogens (tertiary/aromatic N) is 3. The Balaban J connectivity index is 1.47. The van der Waals surface area contributed by atoms with Gasteiger partial charge in [0, 0.05) is 35.3 Å². The molecule has 0 atom stereocenters. The molecule has 2 N–H and O–H groups in total. The van der Waals surface area contributed by atoms with Crippen LogP contribution in [0.3, 0.4) is 0 Å². The molecule has 2 fully saturated rings. The molecule has 3 heterocycles. The lowest BCUT2D eigenvalue weighted by atomic mass is 10.1. The predicted molar refractivity (Wildman–Crippen MR) is 138 cm³/mol. The number of pyridine rings is 1. The number of benzene rings is 1. The quantitative estimate of drug-likeness (QED) is 0.403. The van der Waals surface area contributed by atoms with E-state index in [9.17, 15) is 9.59 Å². The Labute approximate surface area is 220 Å². The first-order valence-corrected chi connectivity index (χ1v) is 13.2. The van der Waals surface area contributed by atoms with Crippen molar-refractivity contribution < 1.29 is 14.3 Å². The van der Waals surface area contributed by atoms with E-state index in [1.54, 1.807) is 30.1 Å². The summed E-state index contributed by atoms with van der Waals surface area (Å²) in [6, 6.07) is 7.78. The summed E-state index contributed by atoms with van der Waals surface area (Å²) in [4.78, 5) is 30.6. The first-order chi connectivity index (χ1) is 16.9. The first-order valence-electron chi connectivity index (χ1n) is 10.9. The van der Waals surface area contributed by atoms with Gasteiger partial charge in [0.25, 0.3) is 11.8 Å². The van der Waals surface area contributed by atoms with Crippen LogP contribution in [-0.4, -0.2) is 50.7 Å². The molecule has 1 saturated heterocycles. The molecule has 0 spiro atoms. The molecular formula is C23H20Cl3N5O3S. The maximum atomic E-state index is 13.5. The molecule has 3 aromatic rings. The summed E-state index contributed by atoms with van der Waals surface area (Å²) >= 11 is 20.7. The fraction of sp³-hybridized carbons (Fsp3) is 0.304. The molecule has 2 amide bonds. The third-order valence-electron chi connectivity index (χ3n) is 5.54. The van der Waals surface area contributed by atoms with Crippen molar-refractivity contribution in [3.8, 4) is 11.7 Å². The highest BCUT2D eigenvalue weighted by Crippen LogP contribution is 2.33. The number of carbonyl (C=O) groups is 2. The summed E-state index contributed by atoms with van der Waals surface area (Å²) < 4.78 is 7.20. The molecule has 0 radical (unpaired) electrons. The van der Waals surface area contributed by atoms with Crippen LogP contribution in [-0.2, 0) is 0 Å². The summed E-state index contributed by atoms with van der Waals surface area (Å²) in [5.74, 6) is 1.77. The molecule has 2 aromatic heterocycles. The lowest BCUT2D eigenvalue weighted by Gasteiger charge is -2.24. The molecule has 182 valence electrons. The van der Waals surface area contributed by atoms with Crippen molar-refractivity contribution in [2.45, 2.75) is 18.9 Å². The maximum Gasteiger partial charge on any atom is 0.274 e. The standard InChI is InChI=1S/C23H20Cl3N5O3S/c24-13-6-15(22(32)28-9-12-3-4-12)20(17(26)7-13)29-23(33)18-8-19(34-14-10-35-11-14)30-31(18)21-16(25)2-1-5-27-21/h1-2,5-8,12,14H,3-4,9-11H2,(H,28,32)(H,29,33). The van der Waals surface area contributed by atoms with Crippen molar-refractivity contribution in [1.29, 1.82) is 0 Å². The Morgan fingerprint density at radius 3 is 2.60 bits per heavy atom. The maximum absolute atomic E-state index is 13.5. The van der Waals surface area contributed by atoms with Crippen LogP contribution in [0.4, 0.5) is 5.69 Å². The number of ether oxygens (including phenoxy) is 1. The fourth-order valence-corrected chi connectivity index (χ4v) is 4.74. The minimum absolute atomic E-state index is 0.0194. The zero-order chi connectivity index (χ0) is 24.5.